The largest absolute Gasteiger partial charge is 0.493 e. The van der Waals surface area contributed by atoms with Gasteiger partial charge in [0, 0.05) is 12.1 Å². The fraction of sp³-hybridized carbons (Fsp3) is 0.429. The number of hydrogen-bond donors (Lipinski definition) is 1. The fourth-order valence-electron chi connectivity index (χ4n) is 1.57. The Bertz CT molecular complexity index is 473. The van der Waals surface area contributed by atoms with Gasteiger partial charge in [0.05, 0.1) is 27.2 Å². The summed E-state index contributed by atoms with van der Waals surface area (Å²) in [6, 6.07) is 4.91. The van der Waals surface area contributed by atoms with E-state index in [2.05, 4.69) is 10.1 Å². The smallest absolute Gasteiger partial charge is 0.307 e. The molecule has 1 aromatic rings. The highest BCUT2D eigenvalue weighted by Gasteiger charge is 2.11. The van der Waals surface area contributed by atoms with E-state index in [-0.39, 0.29) is 24.8 Å². The summed E-state index contributed by atoms with van der Waals surface area (Å²) in [7, 11) is 2.84. The minimum absolute atomic E-state index is 0.136. The Morgan fingerprint density at radius 2 is 1.95 bits per heavy atom. The van der Waals surface area contributed by atoms with Crippen LogP contribution < -0.4 is 14.8 Å². The predicted octanol–water partition coefficient (Wildman–Crippen LogP) is 1.39. The monoisotopic (exact) mass is 281 g/mol. The second-order valence-electron chi connectivity index (χ2n) is 3.88. The molecule has 0 radical (unpaired) electrons. The Morgan fingerprint density at radius 1 is 1.20 bits per heavy atom. The number of ether oxygens (including phenoxy) is 3. The number of nitrogens with one attached hydrogen (secondary N) is 1. The van der Waals surface area contributed by atoms with E-state index in [1.54, 1.807) is 18.2 Å². The van der Waals surface area contributed by atoms with Gasteiger partial charge in [0.2, 0.25) is 0 Å². The minimum atomic E-state index is -0.366. The van der Waals surface area contributed by atoms with Crippen molar-refractivity contribution < 1.29 is 23.8 Å². The maximum atomic E-state index is 11.9. The summed E-state index contributed by atoms with van der Waals surface area (Å²) < 4.78 is 15.0. The first-order chi connectivity index (χ1) is 9.62. The maximum Gasteiger partial charge on any atom is 0.307 e. The van der Waals surface area contributed by atoms with Gasteiger partial charge in [-0.15, -0.1) is 0 Å². The van der Waals surface area contributed by atoms with Gasteiger partial charge in [0.1, 0.15) is 0 Å². The Kier molecular flexibility index (Phi) is 6.36. The molecule has 0 saturated carbocycles. The summed E-state index contributed by atoms with van der Waals surface area (Å²) in [5.41, 5.74) is 0.444. The van der Waals surface area contributed by atoms with Gasteiger partial charge in [-0.2, -0.15) is 0 Å². The van der Waals surface area contributed by atoms with Gasteiger partial charge >= 0.3 is 5.97 Å². The van der Waals surface area contributed by atoms with E-state index in [0.717, 1.165) is 0 Å². The standard InChI is InChI=1S/C14H19NO5/c1-4-20-12-9-10(5-6-11(12)18-2)14(17)15-8-7-13(16)19-3/h5-6,9H,4,7-8H2,1-3H3,(H,15,17). The van der Waals surface area contributed by atoms with E-state index in [1.807, 2.05) is 6.92 Å². The highest BCUT2D eigenvalue weighted by Crippen LogP contribution is 2.27. The number of esters is 1. The van der Waals surface area contributed by atoms with Gasteiger partial charge in [-0.3, -0.25) is 9.59 Å². The molecule has 1 amide bonds. The van der Waals surface area contributed by atoms with Crippen molar-refractivity contribution in [2.75, 3.05) is 27.4 Å². The Hall–Kier alpha value is -2.24. The van der Waals surface area contributed by atoms with Crippen LogP contribution in [0.4, 0.5) is 0 Å². The molecule has 0 bridgehead atoms. The summed E-state index contributed by atoms with van der Waals surface area (Å²) in [5, 5.41) is 2.63. The molecule has 0 aromatic heterocycles. The lowest BCUT2D eigenvalue weighted by Gasteiger charge is -2.11. The maximum absolute atomic E-state index is 11.9. The Balaban J connectivity index is 2.68. The molecule has 0 aliphatic carbocycles. The lowest BCUT2D eigenvalue weighted by molar-refractivity contribution is -0.140. The third-order valence-corrected chi connectivity index (χ3v) is 2.57. The van der Waals surface area contributed by atoms with E-state index < -0.39 is 0 Å². The zero-order valence-corrected chi connectivity index (χ0v) is 11.9. The third-order valence-electron chi connectivity index (χ3n) is 2.57. The summed E-state index contributed by atoms with van der Waals surface area (Å²) in [5.74, 6) is 0.432. The molecule has 1 rings (SSSR count). The molecule has 0 aliphatic heterocycles. The van der Waals surface area contributed by atoms with Crippen molar-refractivity contribution in [1.29, 1.82) is 0 Å². The van der Waals surface area contributed by atoms with Crippen molar-refractivity contribution in [3.05, 3.63) is 23.8 Å². The molecule has 0 unspecified atom stereocenters. The molecule has 20 heavy (non-hydrogen) atoms. The number of hydrogen-bond acceptors (Lipinski definition) is 5. The lowest BCUT2D eigenvalue weighted by Crippen LogP contribution is -2.26. The van der Waals surface area contributed by atoms with Crippen LogP contribution in [0.15, 0.2) is 18.2 Å². The molecular weight excluding hydrogens is 262 g/mol. The number of amides is 1. The Morgan fingerprint density at radius 3 is 2.55 bits per heavy atom. The van der Waals surface area contributed by atoms with Crippen molar-refractivity contribution in [1.82, 2.24) is 5.32 Å². The van der Waals surface area contributed by atoms with E-state index >= 15 is 0 Å². The second kappa shape index (κ2) is 8.04. The summed E-state index contributed by atoms with van der Waals surface area (Å²) >= 11 is 0. The van der Waals surface area contributed by atoms with E-state index in [0.29, 0.717) is 23.7 Å². The molecule has 1 N–H and O–H groups in total. The van der Waals surface area contributed by atoms with Crippen molar-refractivity contribution in [3.8, 4) is 11.5 Å². The van der Waals surface area contributed by atoms with Gasteiger partial charge in [-0.05, 0) is 25.1 Å². The molecular formula is C14H19NO5. The number of methoxy groups -OCH3 is 2. The predicted molar refractivity (Wildman–Crippen MR) is 73.1 cm³/mol. The molecule has 0 atom stereocenters. The average molecular weight is 281 g/mol. The highest BCUT2D eigenvalue weighted by molar-refractivity contribution is 5.95. The molecule has 0 fully saturated rings. The minimum Gasteiger partial charge on any atom is -0.493 e. The third kappa shape index (κ3) is 4.46. The average Bonchev–Trinajstić information content (AvgIpc) is 2.47. The van der Waals surface area contributed by atoms with Crippen molar-refractivity contribution in [2.45, 2.75) is 13.3 Å². The zero-order chi connectivity index (χ0) is 15.0. The Labute approximate surface area is 118 Å². The first-order valence-electron chi connectivity index (χ1n) is 6.28. The zero-order valence-electron chi connectivity index (χ0n) is 11.9. The summed E-state index contributed by atoms with van der Waals surface area (Å²) in [6.45, 7) is 2.55. The number of benzene rings is 1. The topological polar surface area (TPSA) is 73.9 Å². The van der Waals surface area contributed by atoms with Crippen LogP contribution in [-0.2, 0) is 9.53 Å². The quantitative estimate of drug-likeness (QED) is 0.764. The normalized spacial score (nSPS) is 9.75. The van der Waals surface area contributed by atoms with Crippen LogP contribution in [0.5, 0.6) is 11.5 Å². The number of rotatable bonds is 7. The van der Waals surface area contributed by atoms with Crippen molar-refractivity contribution >= 4 is 11.9 Å². The molecule has 0 aliphatic rings. The summed E-state index contributed by atoms with van der Waals surface area (Å²) in [4.78, 5) is 22.9. The van der Waals surface area contributed by atoms with Gasteiger partial charge in [0.25, 0.3) is 5.91 Å². The van der Waals surface area contributed by atoms with E-state index in [9.17, 15) is 9.59 Å². The van der Waals surface area contributed by atoms with Gasteiger partial charge in [-0.25, -0.2) is 0 Å². The summed E-state index contributed by atoms with van der Waals surface area (Å²) in [6.07, 6.45) is 0.136. The van der Waals surface area contributed by atoms with Crippen LogP contribution in [0.3, 0.4) is 0 Å². The highest BCUT2D eigenvalue weighted by atomic mass is 16.5. The van der Waals surface area contributed by atoms with Gasteiger partial charge < -0.3 is 19.5 Å². The number of carbonyl (C=O) groups excluding carboxylic acids is 2. The molecule has 0 heterocycles. The first-order valence-corrected chi connectivity index (χ1v) is 6.28. The SMILES string of the molecule is CCOc1cc(C(=O)NCCC(=O)OC)ccc1OC. The van der Waals surface area contributed by atoms with Crippen LogP contribution in [-0.4, -0.2) is 39.2 Å². The van der Waals surface area contributed by atoms with Gasteiger partial charge in [-0.1, -0.05) is 0 Å². The number of carbonyl (C=O) groups is 2. The van der Waals surface area contributed by atoms with Crippen LogP contribution in [0.25, 0.3) is 0 Å². The molecule has 6 heteroatoms. The van der Waals surface area contributed by atoms with Crippen LogP contribution >= 0.6 is 0 Å². The molecule has 6 nitrogen and oxygen atoms in total. The van der Waals surface area contributed by atoms with Crippen molar-refractivity contribution in [2.24, 2.45) is 0 Å². The second-order valence-corrected chi connectivity index (χ2v) is 3.88. The lowest BCUT2D eigenvalue weighted by atomic mass is 10.2. The molecule has 0 spiro atoms. The first kappa shape index (κ1) is 15.8. The van der Waals surface area contributed by atoms with Crippen LogP contribution in [0, 0.1) is 0 Å². The molecule has 0 saturated heterocycles. The van der Waals surface area contributed by atoms with Crippen LogP contribution in [0.1, 0.15) is 23.7 Å². The van der Waals surface area contributed by atoms with E-state index in [4.69, 9.17) is 9.47 Å². The fourth-order valence-corrected chi connectivity index (χ4v) is 1.57. The molecule has 110 valence electrons. The van der Waals surface area contributed by atoms with Gasteiger partial charge in [0.15, 0.2) is 11.5 Å². The van der Waals surface area contributed by atoms with Crippen molar-refractivity contribution in [3.63, 3.8) is 0 Å². The van der Waals surface area contributed by atoms with E-state index in [1.165, 1.54) is 14.2 Å². The molecule has 1 aromatic carbocycles. The van der Waals surface area contributed by atoms with Crippen LogP contribution in [0.2, 0.25) is 0 Å².